The second kappa shape index (κ2) is 6.49. The number of rotatable bonds is 5. The van der Waals surface area contributed by atoms with Crippen molar-refractivity contribution in [1.29, 1.82) is 0 Å². The lowest BCUT2D eigenvalue weighted by Crippen LogP contribution is -2.18. The second-order valence-corrected chi connectivity index (χ2v) is 7.16. The van der Waals surface area contributed by atoms with Crippen molar-refractivity contribution in [2.24, 2.45) is 0 Å². The average Bonchev–Trinajstić information content (AvgIpc) is 3.10. The van der Waals surface area contributed by atoms with Crippen LogP contribution in [0, 0.1) is 0 Å². The van der Waals surface area contributed by atoms with Gasteiger partial charge in [-0.2, -0.15) is 11.8 Å². The Bertz CT molecular complexity index is 628. The van der Waals surface area contributed by atoms with Gasteiger partial charge in [0.05, 0.1) is 24.0 Å². The molecule has 1 aliphatic rings. The maximum Gasteiger partial charge on any atom is 0.125 e. The fraction of sp³-hybridized carbons (Fsp3) is 0.562. The molecule has 5 heteroatoms. The van der Waals surface area contributed by atoms with Gasteiger partial charge in [-0.15, -0.1) is 11.6 Å². The number of aromatic nitrogens is 2. The molecule has 0 saturated heterocycles. The molecule has 114 valence electrons. The van der Waals surface area contributed by atoms with E-state index < -0.39 is 0 Å². The number of halogens is 1. The molecule has 21 heavy (non-hydrogen) atoms. The molecule has 0 bridgehead atoms. The predicted molar refractivity (Wildman–Crippen MR) is 90.7 cm³/mol. The Hall–Kier alpha value is -0.870. The summed E-state index contributed by atoms with van der Waals surface area (Å²) in [6.45, 7) is 2.23. The molecule has 1 aliphatic carbocycles. The molecule has 0 amide bonds. The van der Waals surface area contributed by atoms with E-state index in [1.807, 2.05) is 12.1 Å². The minimum absolute atomic E-state index is 0.455. The van der Waals surface area contributed by atoms with Gasteiger partial charge in [-0.1, -0.05) is 13.3 Å². The van der Waals surface area contributed by atoms with Crippen molar-refractivity contribution < 1.29 is 4.74 Å². The van der Waals surface area contributed by atoms with E-state index in [1.54, 1.807) is 7.11 Å². The van der Waals surface area contributed by atoms with E-state index in [9.17, 15) is 0 Å². The van der Waals surface area contributed by atoms with Crippen molar-refractivity contribution in [2.45, 2.75) is 43.4 Å². The van der Waals surface area contributed by atoms with Crippen LogP contribution in [0.1, 0.15) is 38.1 Å². The van der Waals surface area contributed by atoms with Crippen LogP contribution in [-0.2, 0) is 5.88 Å². The lowest BCUT2D eigenvalue weighted by atomic mass is 10.2. The Morgan fingerprint density at radius 1 is 1.43 bits per heavy atom. The minimum Gasteiger partial charge on any atom is -0.497 e. The molecule has 1 aromatic carbocycles. The van der Waals surface area contributed by atoms with Gasteiger partial charge in [0.1, 0.15) is 11.6 Å². The summed E-state index contributed by atoms with van der Waals surface area (Å²) in [5, 5.41) is 0.667. The number of ether oxygens (including phenoxy) is 1. The van der Waals surface area contributed by atoms with Crippen LogP contribution >= 0.6 is 23.4 Å². The van der Waals surface area contributed by atoms with E-state index in [0.29, 0.717) is 17.2 Å². The highest BCUT2D eigenvalue weighted by molar-refractivity contribution is 7.99. The molecule has 1 fully saturated rings. The highest BCUT2D eigenvalue weighted by Gasteiger charge is 2.31. The Kier molecular flexibility index (Phi) is 4.65. The number of alkyl halides is 1. The fourth-order valence-electron chi connectivity index (χ4n) is 3.32. The molecule has 1 saturated carbocycles. The number of benzene rings is 1. The molecule has 1 aromatic heterocycles. The summed E-state index contributed by atoms with van der Waals surface area (Å²) < 4.78 is 7.74. The van der Waals surface area contributed by atoms with Crippen molar-refractivity contribution in [3.8, 4) is 5.75 Å². The standard InChI is InChI=1S/C16H21ClN2OS/c1-3-21-15-6-4-5-13(15)19-14-9-11(20-2)7-8-12(14)18-16(19)10-17/h7-9,13,15H,3-6,10H2,1-2H3. The van der Waals surface area contributed by atoms with Crippen LogP contribution in [0.5, 0.6) is 5.75 Å². The summed E-state index contributed by atoms with van der Waals surface area (Å²) in [6.07, 6.45) is 3.78. The third-order valence-corrected chi connectivity index (χ3v) is 5.77. The Morgan fingerprint density at radius 2 is 2.29 bits per heavy atom. The molecule has 0 N–H and O–H groups in total. The van der Waals surface area contributed by atoms with Crippen LogP contribution in [0.15, 0.2) is 18.2 Å². The number of thioether (sulfide) groups is 1. The van der Waals surface area contributed by atoms with E-state index in [4.69, 9.17) is 21.3 Å². The van der Waals surface area contributed by atoms with Crippen LogP contribution in [0.3, 0.4) is 0 Å². The highest BCUT2D eigenvalue weighted by atomic mass is 35.5. The first-order valence-corrected chi connectivity index (χ1v) is 9.09. The summed E-state index contributed by atoms with van der Waals surface area (Å²) in [5.41, 5.74) is 2.16. The number of imidazole rings is 1. The van der Waals surface area contributed by atoms with Crippen molar-refractivity contribution in [3.63, 3.8) is 0 Å². The van der Waals surface area contributed by atoms with E-state index in [2.05, 4.69) is 29.3 Å². The minimum atomic E-state index is 0.455. The predicted octanol–water partition coefficient (Wildman–Crippen LogP) is 4.63. The molecule has 2 unspecified atom stereocenters. The Balaban J connectivity index is 2.10. The van der Waals surface area contributed by atoms with Crippen molar-refractivity contribution in [3.05, 3.63) is 24.0 Å². The SMILES string of the molecule is CCSC1CCCC1n1c(CCl)nc2ccc(OC)cc21. The van der Waals surface area contributed by atoms with Crippen molar-refractivity contribution in [2.75, 3.05) is 12.9 Å². The van der Waals surface area contributed by atoms with Gasteiger partial charge in [0.2, 0.25) is 0 Å². The first kappa shape index (κ1) is 15.0. The summed E-state index contributed by atoms with van der Waals surface area (Å²) in [4.78, 5) is 4.71. The zero-order valence-corrected chi connectivity index (χ0v) is 14.1. The van der Waals surface area contributed by atoms with Gasteiger partial charge in [0, 0.05) is 17.4 Å². The monoisotopic (exact) mass is 324 g/mol. The zero-order chi connectivity index (χ0) is 14.8. The quantitative estimate of drug-likeness (QED) is 0.750. The number of fused-ring (bicyclic) bond motifs is 1. The van der Waals surface area contributed by atoms with E-state index in [-0.39, 0.29) is 0 Å². The van der Waals surface area contributed by atoms with Gasteiger partial charge >= 0.3 is 0 Å². The van der Waals surface area contributed by atoms with E-state index in [0.717, 1.165) is 28.4 Å². The van der Waals surface area contributed by atoms with Crippen LogP contribution in [0.4, 0.5) is 0 Å². The van der Waals surface area contributed by atoms with Crippen LogP contribution in [0.25, 0.3) is 11.0 Å². The largest absolute Gasteiger partial charge is 0.497 e. The van der Waals surface area contributed by atoms with Gasteiger partial charge in [-0.25, -0.2) is 4.98 Å². The van der Waals surface area contributed by atoms with E-state index in [1.165, 1.54) is 19.3 Å². The smallest absolute Gasteiger partial charge is 0.125 e. The Labute approximate surface area is 135 Å². The summed E-state index contributed by atoms with van der Waals surface area (Å²) in [5.74, 6) is 3.47. The maximum absolute atomic E-state index is 6.16. The van der Waals surface area contributed by atoms with Crippen LogP contribution in [0.2, 0.25) is 0 Å². The van der Waals surface area contributed by atoms with Crippen LogP contribution < -0.4 is 4.74 Å². The van der Waals surface area contributed by atoms with Gasteiger partial charge in [0.25, 0.3) is 0 Å². The zero-order valence-electron chi connectivity index (χ0n) is 12.5. The number of hydrogen-bond donors (Lipinski definition) is 0. The van der Waals surface area contributed by atoms with Gasteiger partial charge in [-0.05, 0) is 30.7 Å². The normalized spacial score (nSPS) is 22.0. The maximum atomic E-state index is 6.16. The Morgan fingerprint density at radius 3 is 3.00 bits per heavy atom. The first-order chi connectivity index (χ1) is 10.3. The van der Waals surface area contributed by atoms with Gasteiger partial charge in [0.15, 0.2) is 0 Å². The van der Waals surface area contributed by atoms with E-state index >= 15 is 0 Å². The van der Waals surface area contributed by atoms with Gasteiger partial charge in [-0.3, -0.25) is 0 Å². The molecule has 2 atom stereocenters. The molecular weight excluding hydrogens is 304 g/mol. The molecule has 0 radical (unpaired) electrons. The first-order valence-electron chi connectivity index (χ1n) is 7.51. The molecule has 0 spiro atoms. The molecule has 1 heterocycles. The van der Waals surface area contributed by atoms with Gasteiger partial charge < -0.3 is 9.30 Å². The summed E-state index contributed by atoms with van der Waals surface area (Å²) >= 11 is 8.22. The molecule has 3 nitrogen and oxygen atoms in total. The van der Waals surface area contributed by atoms with Crippen molar-refractivity contribution >= 4 is 34.4 Å². The second-order valence-electron chi connectivity index (χ2n) is 5.38. The lowest BCUT2D eigenvalue weighted by molar-refractivity contribution is 0.415. The molecule has 2 aromatic rings. The highest BCUT2D eigenvalue weighted by Crippen LogP contribution is 2.41. The van der Waals surface area contributed by atoms with Crippen LogP contribution in [-0.4, -0.2) is 27.7 Å². The summed E-state index contributed by atoms with van der Waals surface area (Å²) in [6, 6.07) is 6.58. The molecule has 3 rings (SSSR count). The third kappa shape index (κ3) is 2.76. The molecular formula is C16H21ClN2OS. The van der Waals surface area contributed by atoms with Crippen molar-refractivity contribution in [1.82, 2.24) is 9.55 Å². The third-order valence-electron chi connectivity index (χ3n) is 4.22. The lowest BCUT2D eigenvalue weighted by Gasteiger charge is -2.23. The average molecular weight is 325 g/mol. The molecule has 0 aliphatic heterocycles. The number of hydrogen-bond acceptors (Lipinski definition) is 3. The topological polar surface area (TPSA) is 27.1 Å². The number of nitrogens with zero attached hydrogens (tertiary/aromatic N) is 2. The summed E-state index contributed by atoms with van der Waals surface area (Å²) in [7, 11) is 1.70. The number of methoxy groups -OCH3 is 1. The fourth-order valence-corrected chi connectivity index (χ4v) is 4.75.